The first-order valence-corrected chi connectivity index (χ1v) is 22.5. The predicted octanol–water partition coefficient (Wildman–Crippen LogP) is 17.9. The number of hydrogen-bond acceptors (Lipinski definition) is 3. The van der Waals surface area contributed by atoms with Gasteiger partial charge >= 0.3 is 21.1 Å². The Bertz CT molecular complexity index is 3720. The SMILES string of the molecule is [2H]c1c([2H])c(C(C([2H])([2H])[2H])(C([2H])([2H])[2H])C([2H])([2H])[2H])c([2H])c([2H])c1-c1ccnc(-c2[c-]c(-c3cccc4c3[N-]C(c3cc(C(C)C)cc(C(C)C)c3O)N4c3ccc(C([2H])([2H])[2H])cc3-c3ccc(C(C)(C)C)cc3)cc(-c3ccccc3)c2)c1.[Pt+2]. The third kappa shape index (κ3) is 9.59. The zero-order valence-corrected chi connectivity index (χ0v) is 41.3. The number of hydrogen-bond donors (Lipinski definition) is 1. The summed E-state index contributed by atoms with van der Waals surface area (Å²) >= 11 is 0. The fourth-order valence-corrected chi connectivity index (χ4v) is 8.69. The number of aryl methyl sites for hydroxylation is 1. The van der Waals surface area contributed by atoms with Gasteiger partial charge in [-0.25, -0.2) is 0 Å². The van der Waals surface area contributed by atoms with Crippen molar-refractivity contribution in [3.63, 3.8) is 0 Å². The molecule has 1 aliphatic heterocycles. The number of rotatable bonds is 9. The molecule has 0 amide bonds. The van der Waals surface area contributed by atoms with Gasteiger partial charge in [-0.15, -0.1) is 29.4 Å². The Balaban J connectivity index is 0.00000920. The molecule has 0 aliphatic carbocycles. The summed E-state index contributed by atoms with van der Waals surface area (Å²) in [5.41, 5.74) is 4.63. The van der Waals surface area contributed by atoms with Crippen molar-refractivity contribution in [2.24, 2.45) is 0 Å². The second-order valence-electron chi connectivity index (χ2n) is 19.0. The van der Waals surface area contributed by atoms with Gasteiger partial charge < -0.3 is 15.3 Å². The van der Waals surface area contributed by atoms with Crippen molar-refractivity contribution in [1.82, 2.24) is 4.98 Å². The maximum absolute atomic E-state index is 12.5. The first-order valence-electron chi connectivity index (χ1n) is 30.5. The number of aromatic hydroxyl groups is 1. The summed E-state index contributed by atoms with van der Waals surface area (Å²) in [6.45, 7) is 0.643. The van der Waals surface area contributed by atoms with Crippen LogP contribution < -0.4 is 4.90 Å². The fourth-order valence-electron chi connectivity index (χ4n) is 8.69. The van der Waals surface area contributed by atoms with Crippen LogP contribution in [0.3, 0.4) is 0 Å². The summed E-state index contributed by atoms with van der Waals surface area (Å²) in [4.78, 5) is 6.75. The monoisotopic (exact) mass is 1090 g/mol. The largest absolute Gasteiger partial charge is 2.00 e. The van der Waals surface area contributed by atoms with Crippen molar-refractivity contribution in [1.29, 1.82) is 0 Å². The molecule has 1 aromatic heterocycles. The van der Waals surface area contributed by atoms with Crippen molar-refractivity contribution in [3.8, 4) is 61.5 Å². The van der Waals surface area contributed by atoms with E-state index in [2.05, 4.69) is 40.7 Å². The molecule has 1 unspecified atom stereocenters. The van der Waals surface area contributed by atoms with Crippen LogP contribution in [0.2, 0.25) is 0 Å². The molecule has 0 bridgehead atoms. The van der Waals surface area contributed by atoms with Gasteiger partial charge in [0.15, 0.2) is 0 Å². The minimum Gasteiger partial charge on any atom is -0.665 e. The Hall–Kier alpha value is -6.22. The van der Waals surface area contributed by atoms with E-state index in [9.17, 15) is 7.85 Å². The van der Waals surface area contributed by atoms with Crippen molar-refractivity contribution in [3.05, 3.63) is 203 Å². The van der Waals surface area contributed by atoms with E-state index < -0.39 is 68.7 Å². The van der Waals surface area contributed by atoms with Crippen molar-refractivity contribution in [2.45, 2.75) is 105 Å². The number of anilines is 2. The van der Waals surface area contributed by atoms with E-state index in [1.165, 1.54) is 18.3 Å². The van der Waals surface area contributed by atoms with Crippen LogP contribution in [0.15, 0.2) is 158 Å². The van der Waals surface area contributed by atoms with E-state index in [-0.39, 0.29) is 66.4 Å². The van der Waals surface area contributed by atoms with Crippen LogP contribution in [-0.4, -0.2) is 10.1 Å². The summed E-state index contributed by atoms with van der Waals surface area (Å²) in [6, 6.07) is 38.9. The normalized spacial score (nSPS) is 17.8. The van der Waals surface area contributed by atoms with Crippen LogP contribution >= 0.6 is 0 Å². The van der Waals surface area contributed by atoms with Gasteiger partial charge in [0, 0.05) is 45.3 Å². The molecule has 5 heteroatoms. The zero-order valence-electron chi connectivity index (χ0n) is 55.0. The number of fused-ring (bicyclic) bond motifs is 1. The average Bonchev–Trinajstić information content (AvgIpc) is 2.70. The van der Waals surface area contributed by atoms with E-state index in [4.69, 9.17) is 29.5 Å². The number of benzene rings is 7. The number of phenolic OH excluding ortho intramolecular Hbond substituents is 1. The molecule has 0 radical (unpaired) electrons. The first kappa shape index (κ1) is 31.8. The Labute approximate surface area is 442 Å². The second kappa shape index (κ2) is 19.0. The zero-order chi connectivity index (χ0) is 60.8. The molecule has 8 aromatic rings. The maximum Gasteiger partial charge on any atom is 2.00 e. The number of aromatic nitrogens is 1. The van der Waals surface area contributed by atoms with Gasteiger partial charge in [0.05, 0.1) is 5.48 Å². The van der Waals surface area contributed by atoms with Crippen molar-refractivity contribution in [2.75, 3.05) is 4.90 Å². The van der Waals surface area contributed by atoms with E-state index >= 15 is 0 Å². The summed E-state index contributed by atoms with van der Waals surface area (Å²) < 4.78 is 136. The van der Waals surface area contributed by atoms with E-state index in [1.54, 1.807) is 18.2 Å². The van der Waals surface area contributed by atoms with Crippen molar-refractivity contribution >= 4 is 17.1 Å². The van der Waals surface area contributed by atoms with Gasteiger partial charge in [0.25, 0.3) is 0 Å². The topological polar surface area (TPSA) is 50.5 Å². The number of para-hydroxylation sites is 1. The molecule has 0 fully saturated rings. The van der Waals surface area contributed by atoms with Gasteiger partial charge in [-0.2, -0.15) is 0 Å². The predicted molar refractivity (Wildman–Crippen MR) is 283 cm³/mol. The molecule has 1 aliphatic rings. The molecular formula is C63H63N3OPt. The van der Waals surface area contributed by atoms with Gasteiger partial charge in [0.1, 0.15) is 5.75 Å². The van der Waals surface area contributed by atoms with Crippen LogP contribution in [0.5, 0.6) is 5.75 Å². The molecule has 0 spiro atoms. The first-order chi connectivity index (χ1) is 38.6. The molecular weight excluding hydrogens is 1010 g/mol. The molecule has 9 rings (SSSR count). The molecule has 0 saturated heterocycles. The van der Waals surface area contributed by atoms with Crippen LogP contribution in [0.25, 0.3) is 61.1 Å². The Morgan fingerprint density at radius 3 is 2.06 bits per heavy atom. The van der Waals surface area contributed by atoms with Gasteiger partial charge in [-0.05, 0) is 110 Å². The van der Waals surface area contributed by atoms with Crippen LogP contribution in [0.1, 0.15) is 142 Å². The molecule has 0 saturated carbocycles. The summed E-state index contributed by atoms with van der Waals surface area (Å²) in [5.74, 6) is 0.0896. The molecule has 1 N–H and O–H groups in total. The molecule has 68 heavy (non-hydrogen) atoms. The number of phenols is 1. The van der Waals surface area contributed by atoms with Gasteiger partial charge in [-0.1, -0.05) is 206 Å². The van der Waals surface area contributed by atoms with E-state index in [0.717, 1.165) is 33.4 Å². The minimum absolute atomic E-state index is 0. The smallest absolute Gasteiger partial charge is 0.665 e. The Morgan fingerprint density at radius 1 is 0.647 bits per heavy atom. The number of nitrogens with zero attached hydrogens (tertiary/aromatic N) is 3. The molecule has 1 atom stereocenters. The maximum atomic E-state index is 12.5. The number of pyridine rings is 1. The fraction of sp³-hybridized carbons (Fsp3) is 0.254. The molecule has 2 heterocycles. The average molecular weight is 1090 g/mol. The van der Waals surface area contributed by atoms with Gasteiger partial charge in [0.2, 0.25) is 0 Å². The Morgan fingerprint density at radius 2 is 1.38 bits per heavy atom. The molecule has 346 valence electrons. The van der Waals surface area contributed by atoms with E-state index in [1.807, 2.05) is 116 Å². The summed E-state index contributed by atoms with van der Waals surface area (Å²) in [5, 5.41) is 18.0. The standard InChI is InChI=1S/C63H63N3O.Pt/c1-39(2)46-36-53(40(3)4)60(67)55(37-46)61-65-59-52(18-15-19-58(59)66(61)57-29-20-41(5)32-54(57)44-23-27-51(28-24-44)63(9,10)11)48-33-47(42-16-13-12-14-17-42)34-49(35-48)56-38-45(30-31-64-56)43-21-25-50(26-22-43)62(6,7)8;/h12-34,36-40,61,67H,1-11H3;/q-2;+2/i5D3,6D3,7D3,8D3,21D,22D,25D,26D;. The Kier molecular flexibility index (Phi) is 8.89. The van der Waals surface area contributed by atoms with Crippen molar-refractivity contribution < 1.29 is 48.1 Å². The summed E-state index contributed by atoms with van der Waals surface area (Å²) in [6.07, 6.45) is 0.499. The van der Waals surface area contributed by atoms with Crippen LogP contribution in [0.4, 0.5) is 17.1 Å². The quantitative estimate of drug-likeness (QED) is 0.147. The molecule has 4 nitrogen and oxygen atoms in total. The van der Waals surface area contributed by atoms with Crippen LogP contribution in [-0.2, 0) is 31.9 Å². The summed E-state index contributed by atoms with van der Waals surface area (Å²) in [7, 11) is 0. The second-order valence-corrected chi connectivity index (χ2v) is 19.0. The third-order valence-electron chi connectivity index (χ3n) is 12.4. The van der Waals surface area contributed by atoms with E-state index in [0.29, 0.717) is 44.9 Å². The molecule has 7 aromatic carbocycles. The minimum atomic E-state index is -3.84. The van der Waals surface area contributed by atoms with Gasteiger partial charge in [-0.3, -0.25) is 4.98 Å². The van der Waals surface area contributed by atoms with Crippen LogP contribution in [0, 0.1) is 12.9 Å². The third-order valence-corrected chi connectivity index (χ3v) is 12.4.